The van der Waals surface area contributed by atoms with Gasteiger partial charge in [-0.15, -0.1) is 0 Å². The lowest BCUT2D eigenvalue weighted by atomic mass is 9.95. The molecule has 0 aromatic heterocycles. The van der Waals surface area contributed by atoms with Crippen LogP contribution in [0.5, 0.6) is 5.75 Å². The lowest BCUT2D eigenvalue weighted by Crippen LogP contribution is -2.46. The molecule has 6 heteroatoms. The first-order valence-corrected chi connectivity index (χ1v) is 9.47. The van der Waals surface area contributed by atoms with Gasteiger partial charge in [-0.05, 0) is 56.2 Å². The number of piperidine rings is 1. The number of carbonyl (C=O) groups is 2. The van der Waals surface area contributed by atoms with Gasteiger partial charge >= 0.3 is 0 Å². The average molecular weight is 387 g/mol. The van der Waals surface area contributed by atoms with E-state index in [1.54, 1.807) is 36.1 Å². The maximum absolute atomic E-state index is 12.6. The minimum absolute atomic E-state index is 0.0127. The zero-order valence-corrected chi connectivity index (χ0v) is 16.0. The number of anilines is 1. The van der Waals surface area contributed by atoms with E-state index in [4.69, 9.17) is 16.3 Å². The second-order valence-corrected chi connectivity index (χ2v) is 7.11. The van der Waals surface area contributed by atoms with Gasteiger partial charge in [-0.3, -0.25) is 9.59 Å². The van der Waals surface area contributed by atoms with Crippen molar-refractivity contribution >= 4 is 29.1 Å². The molecule has 0 radical (unpaired) electrons. The van der Waals surface area contributed by atoms with Crippen LogP contribution in [0.2, 0.25) is 5.02 Å². The third-order valence-electron chi connectivity index (χ3n) is 4.69. The number of para-hydroxylation sites is 1. The summed E-state index contributed by atoms with van der Waals surface area (Å²) in [5.74, 6) is 0.477. The van der Waals surface area contributed by atoms with Gasteiger partial charge in [0, 0.05) is 29.7 Å². The summed E-state index contributed by atoms with van der Waals surface area (Å²) in [6, 6.07) is 16.4. The number of amides is 2. The third kappa shape index (κ3) is 5.23. The molecule has 1 aliphatic rings. The molecule has 1 aliphatic heterocycles. The van der Waals surface area contributed by atoms with E-state index in [1.807, 2.05) is 30.3 Å². The first-order valence-electron chi connectivity index (χ1n) is 9.10. The zero-order chi connectivity index (χ0) is 19.2. The molecule has 2 aromatic rings. The Morgan fingerprint density at radius 2 is 1.70 bits per heavy atom. The largest absolute Gasteiger partial charge is 0.481 e. The van der Waals surface area contributed by atoms with E-state index in [0.29, 0.717) is 36.7 Å². The van der Waals surface area contributed by atoms with Crippen molar-refractivity contribution in [2.45, 2.75) is 25.9 Å². The van der Waals surface area contributed by atoms with Crippen LogP contribution in [0.1, 0.15) is 19.8 Å². The van der Waals surface area contributed by atoms with Gasteiger partial charge in [0.1, 0.15) is 5.75 Å². The number of likely N-dealkylation sites (tertiary alicyclic amines) is 1. The molecule has 1 N–H and O–H groups in total. The maximum Gasteiger partial charge on any atom is 0.263 e. The quantitative estimate of drug-likeness (QED) is 0.845. The normalized spacial score (nSPS) is 15.9. The van der Waals surface area contributed by atoms with Gasteiger partial charge in [0.25, 0.3) is 5.91 Å². The SMILES string of the molecule is CC(Oc1ccc(Cl)cc1)C(=O)N1CCC(C(=O)Nc2ccccc2)CC1. The fraction of sp³-hybridized carbons (Fsp3) is 0.333. The third-order valence-corrected chi connectivity index (χ3v) is 4.94. The monoisotopic (exact) mass is 386 g/mol. The molecule has 27 heavy (non-hydrogen) atoms. The van der Waals surface area contributed by atoms with E-state index in [2.05, 4.69) is 5.32 Å². The summed E-state index contributed by atoms with van der Waals surface area (Å²) in [6.45, 7) is 2.85. The van der Waals surface area contributed by atoms with Crippen molar-refractivity contribution in [1.29, 1.82) is 0 Å². The predicted molar refractivity (Wildman–Crippen MR) is 106 cm³/mol. The molecule has 1 atom stereocenters. The summed E-state index contributed by atoms with van der Waals surface area (Å²) in [4.78, 5) is 26.8. The first kappa shape index (κ1) is 19.2. The van der Waals surface area contributed by atoms with E-state index >= 15 is 0 Å². The van der Waals surface area contributed by atoms with Crippen molar-refractivity contribution in [3.8, 4) is 5.75 Å². The molecule has 1 heterocycles. The number of hydrogen-bond acceptors (Lipinski definition) is 3. The molecule has 0 spiro atoms. The Balaban J connectivity index is 1.48. The number of benzene rings is 2. The number of hydrogen-bond donors (Lipinski definition) is 1. The highest BCUT2D eigenvalue weighted by atomic mass is 35.5. The topological polar surface area (TPSA) is 58.6 Å². The van der Waals surface area contributed by atoms with Crippen LogP contribution in [0.15, 0.2) is 54.6 Å². The second kappa shape index (κ2) is 8.91. The van der Waals surface area contributed by atoms with Crippen LogP contribution in [0.25, 0.3) is 0 Å². The lowest BCUT2D eigenvalue weighted by molar-refractivity contribution is -0.140. The van der Waals surface area contributed by atoms with E-state index in [9.17, 15) is 9.59 Å². The first-order chi connectivity index (χ1) is 13.0. The van der Waals surface area contributed by atoms with Crippen molar-refractivity contribution in [2.24, 2.45) is 5.92 Å². The molecule has 142 valence electrons. The molecule has 2 amide bonds. The number of halogens is 1. The molecule has 1 fully saturated rings. The van der Waals surface area contributed by atoms with Crippen molar-refractivity contribution in [3.63, 3.8) is 0 Å². The smallest absolute Gasteiger partial charge is 0.263 e. The summed E-state index contributed by atoms with van der Waals surface area (Å²) in [6.07, 6.45) is 0.719. The summed E-state index contributed by atoms with van der Waals surface area (Å²) in [7, 11) is 0. The molecule has 0 bridgehead atoms. The highest BCUT2D eigenvalue weighted by Gasteiger charge is 2.30. The Morgan fingerprint density at radius 1 is 1.07 bits per heavy atom. The minimum atomic E-state index is -0.583. The number of nitrogens with one attached hydrogen (secondary N) is 1. The fourth-order valence-corrected chi connectivity index (χ4v) is 3.28. The Kier molecular flexibility index (Phi) is 6.35. The zero-order valence-electron chi connectivity index (χ0n) is 15.2. The number of nitrogens with zero attached hydrogens (tertiary/aromatic N) is 1. The molecular formula is C21H23ClN2O3. The summed E-state index contributed by atoms with van der Waals surface area (Å²) >= 11 is 5.86. The number of ether oxygens (including phenoxy) is 1. The molecule has 1 unspecified atom stereocenters. The van der Waals surface area contributed by atoms with Crippen LogP contribution < -0.4 is 10.1 Å². The average Bonchev–Trinajstić information content (AvgIpc) is 2.70. The van der Waals surface area contributed by atoms with Crippen molar-refractivity contribution in [2.75, 3.05) is 18.4 Å². The fourth-order valence-electron chi connectivity index (χ4n) is 3.15. The molecule has 2 aromatic carbocycles. The standard InChI is InChI=1S/C21H23ClN2O3/c1-15(27-19-9-7-17(22)8-10-19)21(26)24-13-11-16(12-14-24)20(25)23-18-5-3-2-4-6-18/h2-10,15-16H,11-14H2,1H3,(H,23,25). The summed E-state index contributed by atoms with van der Waals surface area (Å²) in [5, 5.41) is 3.56. The number of rotatable bonds is 5. The van der Waals surface area contributed by atoms with Gasteiger partial charge in [-0.25, -0.2) is 0 Å². The molecular weight excluding hydrogens is 364 g/mol. The van der Waals surface area contributed by atoms with Crippen LogP contribution in [-0.4, -0.2) is 35.9 Å². The Bertz CT molecular complexity index is 772. The van der Waals surface area contributed by atoms with Crippen LogP contribution in [-0.2, 0) is 9.59 Å². The summed E-state index contributed by atoms with van der Waals surface area (Å²) < 4.78 is 5.71. The lowest BCUT2D eigenvalue weighted by Gasteiger charge is -2.33. The van der Waals surface area contributed by atoms with Crippen molar-refractivity contribution in [3.05, 3.63) is 59.6 Å². The van der Waals surface area contributed by atoms with Crippen LogP contribution >= 0.6 is 11.6 Å². The van der Waals surface area contributed by atoms with Crippen LogP contribution in [0, 0.1) is 5.92 Å². The highest BCUT2D eigenvalue weighted by Crippen LogP contribution is 2.22. The van der Waals surface area contributed by atoms with E-state index in [-0.39, 0.29) is 17.7 Å². The molecule has 1 saturated heterocycles. The van der Waals surface area contributed by atoms with Gasteiger partial charge in [-0.1, -0.05) is 29.8 Å². The van der Waals surface area contributed by atoms with Gasteiger partial charge in [0.15, 0.2) is 6.10 Å². The molecule has 0 aliphatic carbocycles. The van der Waals surface area contributed by atoms with Crippen LogP contribution in [0.4, 0.5) is 5.69 Å². The van der Waals surface area contributed by atoms with Gasteiger partial charge in [0.2, 0.25) is 5.91 Å². The van der Waals surface area contributed by atoms with Gasteiger partial charge in [0.05, 0.1) is 0 Å². The Morgan fingerprint density at radius 3 is 2.33 bits per heavy atom. The second-order valence-electron chi connectivity index (χ2n) is 6.67. The summed E-state index contributed by atoms with van der Waals surface area (Å²) in [5.41, 5.74) is 0.797. The van der Waals surface area contributed by atoms with E-state index in [1.165, 1.54) is 0 Å². The molecule has 5 nitrogen and oxygen atoms in total. The van der Waals surface area contributed by atoms with E-state index < -0.39 is 6.10 Å². The van der Waals surface area contributed by atoms with Crippen molar-refractivity contribution in [1.82, 2.24) is 4.90 Å². The van der Waals surface area contributed by atoms with Gasteiger partial charge in [-0.2, -0.15) is 0 Å². The molecule has 3 rings (SSSR count). The number of carbonyl (C=O) groups excluding carboxylic acids is 2. The van der Waals surface area contributed by atoms with Gasteiger partial charge < -0.3 is 15.0 Å². The maximum atomic E-state index is 12.6. The van der Waals surface area contributed by atoms with E-state index in [0.717, 1.165) is 5.69 Å². The predicted octanol–water partition coefficient (Wildman–Crippen LogP) is 3.98. The minimum Gasteiger partial charge on any atom is -0.481 e. The Hall–Kier alpha value is -2.53. The Labute approximate surface area is 164 Å². The van der Waals surface area contributed by atoms with Crippen LogP contribution in [0.3, 0.4) is 0 Å². The van der Waals surface area contributed by atoms with Crippen molar-refractivity contribution < 1.29 is 14.3 Å². The molecule has 0 saturated carbocycles. The highest BCUT2D eigenvalue weighted by molar-refractivity contribution is 6.30.